The Kier molecular flexibility index (Phi) is 5.90. The molecule has 0 aromatic carbocycles. The molecule has 1 aliphatic rings. The first-order valence-corrected chi connectivity index (χ1v) is 7.07. The van der Waals surface area contributed by atoms with Crippen molar-refractivity contribution < 1.29 is 5.11 Å². The highest BCUT2D eigenvalue weighted by Gasteiger charge is 2.28. The van der Waals surface area contributed by atoms with Crippen molar-refractivity contribution in [3.05, 3.63) is 0 Å². The number of aliphatic hydroxyl groups excluding tert-OH is 1. The number of hydrogen-bond acceptors (Lipinski definition) is 3. The zero-order valence-corrected chi connectivity index (χ0v) is 12.0. The predicted molar refractivity (Wildman–Crippen MR) is 73.2 cm³/mol. The van der Waals surface area contributed by atoms with Gasteiger partial charge in [-0.25, -0.2) is 0 Å². The second-order valence-corrected chi connectivity index (χ2v) is 6.04. The molecular formula is C14H30N2O. The van der Waals surface area contributed by atoms with E-state index in [1.54, 1.807) is 0 Å². The molecule has 3 heteroatoms. The fraction of sp³-hybridized carbons (Fsp3) is 1.00. The second kappa shape index (κ2) is 6.72. The van der Waals surface area contributed by atoms with Crippen LogP contribution < -0.4 is 5.32 Å². The molecular weight excluding hydrogens is 212 g/mol. The van der Waals surface area contributed by atoms with Crippen molar-refractivity contribution in [3.8, 4) is 0 Å². The van der Waals surface area contributed by atoms with Gasteiger partial charge in [0.05, 0.1) is 6.61 Å². The Labute approximate surface area is 107 Å². The summed E-state index contributed by atoms with van der Waals surface area (Å²) in [5.74, 6) is 0.918. The van der Waals surface area contributed by atoms with Crippen LogP contribution in [0.2, 0.25) is 0 Å². The Morgan fingerprint density at radius 2 is 2.12 bits per heavy atom. The molecule has 102 valence electrons. The van der Waals surface area contributed by atoms with Gasteiger partial charge in [0, 0.05) is 18.1 Å². The Balaban J connectivity index is 2.36. The molecule has 2 unspecified atom stereocenters. The van der Waals surface area contributed by atoms with Gasteiger partial charge in [-0.15, -0.1) is 0 Å². The van der Waals surface area contributed by atoms with Crippen molar-refractivity contribution in [2.45, 2.75) is 58.0 Å². The SMILES string of the molecule is CCNC(C)(CO)CC(C)N(C)CC1CCC1. The van der Waals surface area contributed by atoms with Crippen LogP contribution in [0, 0.1) is 5.92 Å². The zero-order chi connectivity index (χ0) is 12.9. The highest BCUT2D eigenvalue weighted by Crippen LogP contribution is 2.28. The molecule has 0 saturated heterocycles. The van der Waals surface area contributed by atoms with Gasteiger partial charge < -0.3 is 15.3 Å². The molecule has 1 fully saturated rings. The average Bonchev–Trinajstić information content (AvgIpc) is 2.23. The van der Waals surface area contributed by atoms with E-state index in [1.807, 2.05) is 0 Å². The summed E-state index contributed by atoms with van der Waals surface area (Å²) in [6.45, 7) is 8.82. The summed E-state index contributed by atoms with van der Waals surface area (Å²) in [6.07, 6.45) is 5.22. The van der Waals surface area contributed by atoms with E-state index in [2.05, 4.69) is 38.0 Å². The first kappa shape index (κ1) is 14.9. The number of aliphatic hydroxyl groups is 1. The summed E-state index contributed by atoms with van der Waals surface area (Å²) in [6, 6.07) is 0.520. The van der Waals surface area contributed by atoms with Gasteiger partial charge in [0.15, 0.2) is 0 Å². The van der Waals surface area contributed by atoms with Gasteiger partial charge in [0.2, 0.25) is 0 Å². The summed E-state index contributed by atoms with van der Waals surface area (Å²) in [5.41, 5.74) is -0.137. The molecule has 0 radical (unpaired) electrons. The largest absolute Gasteiger partial charge is 0.394 e. The van der Waals surface area contributed by atoms with Gasteiger partial charge in [-0.1, -0.05) is 13.3 Å². The van der Waals surface area contributed by atoms with Crippen LogP contribution in [0.4, 0.5) is 0 Å². The molecule has 0 amide bonds. The van der Waals surface area contributed by atoms with Crippen LogP contribution in [0.25, 0.3) is 0 Å². The highest BCUT2D eigenvalue weighted by atomic mass is 16.3. The van der Waals surface area contributed by atoms with Crippen molar-refractivity contribution in [2.75, 3.05) is 26.7 Å². The number of nitrogens with zero attached hydrogens (tertiary/aromatic N) is 1. The van der Waals surface area contributed by atoms with E-state index in [0.717, 1.165) is 18.9 Å². The summed E-state index contributed by atoms with van der Waals surface area (Å²) >= 11 is 0. The molecule has 1 aliphatic carbocycles. The van der Waals surface area contributed by atoms with Crippen molar-refractivity contribution in [1.29, 1.82) is 0 Å². The van der Waals surface area contributed by atoms with E-state index in [1.165, 1.54) is 25.8 Å². The van der Waals surface area contributed by atoms with Crippen LogP contribution in [-0.2, 0) is 0 Å². The summed E-state index contributed by atoms with van der Waals surface area (Å²) in [7, 11) is 2.22. The molecule has 1 saturated carbocycles. The van der Waals surface area contributed by atoms with Crippen molar-refractivity contribution >= 4 is 0 Å². The van der Waals surface area contributed by atoms with E-state index < -0.39 is 0 Å². The summed E-state index contributed by atoms with van der Waals surface area (Å²) < 4.78 is 0. The van der Waals surface area contributed by atoms with Gasteiger partial charge in [0.1, 0.15) is 0 Å². The normalized spacial score (nSPS) is 22.2. The van der Waals surface area contributed by atoms with E-state index >= 15 is 0 Å². The number of likely N-dealkylation sites (N-methyl/N-ethyl adjacent to an activating group) is 1. The third-order valence-corrected chi connectivity index (χ3v) is 4.22. The standard InChI is InChI=1S/C14H30N2O/c1-5-15-14(3,11-17)9-12(2)16(4)10-13-7-6-8-13/h12-13,15,17H,5-11H2,1-4H3. The minimum absolute atomic E-state index is 0.137. The van der Waals surface area contributed by atoms with Crippen LogP contribution in [0.3, 0.4) is 0 Å². The lowest BCUT2D eigenvalue weighted by molar-refractivity contribution is 0.109. The lowest BCUT2D eigenvalue weighted by atomic mass is 9.84. The Hall–Kier alpha value is -0.120. The van der Waals surface area contributed by atoms with E-state index in [9.17, 15) is 5.11 Å². The molecule has 0 spiro atoms. The maximum atomic E-state index is 9.51. The molecule has 0 bridgehead atoms. The van der Waals surface area contributed by atoms with Crippen molar-refractivity contribution in [2.24, 2.45) is 5.92 Å². The molecule has 3 nitrogen and oxygen atoms in total. The van der Waals surface area contributed by atoms with Crippen LogP contribution in [0.5, 0.6) is 0 Å². The molecule has 2 atom stereocenters. The van der Waals surface area contributed by atoms with Crippen LogP contribution in [-0.4, -0.2) is 48.3 Å². The maximum Gasteiger partial charge on any atom is 0.0611 e. The third-order valence-electron chi connectivity index (χ3n) is 4.22. The Morgan fingerprint density at radius 3 is 2.53 bits per heavy atom. The highest BCUT2D eigenvalue weighted by molar-refractivity contribution is 4.87. The minimum Gasteiger partial charge on any atom is -0.394 e. The third kappa shape index (κ3) is 4.57. The Morgan fingerprint density at radius 1 is 1.47 bits per heavy atom. The number of hydrogen-bond donors (Lipinski definition) is 2. The van der Waals surface area contributed by atoms with Crippen molar-refractivity contribution in [3.63, 3.8) is 0 Å². The van der Waals surface area contributed by atoms with Gasteiger partial charge in [-0.3, -0.25) is 0 Å². The smallest absolute Gasteiger partial charge is 0.0611 e. The monoisotopic (exact) mass is 242 g/mol. The first-order chi connectivity index (χ1) is 8.00. The van der Waals surface area contributed by atoms with Crippen molar-refractivity contribution in [1.82, 2.24) is 10.2 Å². The van der Waals surface area contributed by atoms with Gasteiger partial charge in [-0.05, 0) is 52.6 Å². The lowest BCUT2D eigenvalue weighted by Gasteiger charge is -2.38. The topological polar surface area (TPSA) is 35.5 Å². The second-order valence-electron chi connectivity index (χ2n) is 6.04. The molecule has 0 aromatic heterocycles. The number of nitrogens with one attached hydrogen (secondary N) is 1. The zero-order valence-electron chi connectivity index (χ0n) is 12.0. The van der Waals surface area contributed by atoms with Gasteiger partial charge in [-0.2, -0.15) is 0 Å². The molecule has 0 aliphatic heterocycles. The lowest BCUT2D eigenvalue weighted by Crippen LogP contribution is -2.50. The summed E-state index contributed by atoms with van der Waals surface area (Å²) in [5, 5.41) is 12.9. The molecule has 0 heterocycles. The average molecular weight is 242 g/mol. The first-order valence-electron chi connectivity index (χ1n) is 7.07. The molecule has 0 aromatic rings. The van der Waals surface area contributed by atoms with Crippen LogP contribution in [0.15, 0.2) is 0 Å². The minimum atomic E-state index is -0.137. The molecule has 1 rings (SSSR count). The fourth-order valence-corrected chi connectivity index (χ4v) is 2.69. The summed E-state index contributed by atoms with van der Waals surface area (Å²) in [4.78, 5) is 2.45. The quantitative estimate of drug-likeness (QED) is 0.682. The Bertz CT molecular complexity index is 218. The molecule has 17 heavy (non-hydrogen) atoms. The fourth-order valence-electron chi connectivity index (χ4n) is 2.69. The predicted octanol–water partition coefficient (Wildman–Crippen LogP) is 1.86. The van der Waals surface area contributed by atoms with E-state index in [4.69, 9.17) is 0 Å². The van der Waals surface area contributed by atoms with E-state index in [0.29, 0.717) is 6.04 Å². The number of rotatable bonds is 8. The maximum absolute atomic E-state index is 9.51. The van der Waals surface area contributed by atoms with E-state index in [-0.39, 0.29) is 12.1 Å². The van der Waals surface area contributed by atoms with Crippen LogP contribution in [0.1, 0.15) is 46.5 Å². The van der Waals surface area contributed by atoms with Crippen LogP contribution >= 0.6 is 0 Å². The molecule has 2 N–H and O–H groups in total. The van der Waals surface area contributed by atoms with Gasteiger partial charge >= 0.3 is 0 Å². The van der Waals surface area contributed by atoms with Gasteiger partial charge in [0.25, 0.3) is 0 Å².